The molecule has 5 heteroatoms. The monoisotopic (exact) mass is 344 g/mol. The van der Waals surface area contributed by atoms with Crippen molar-refractivity contribution >= 4 is 22.5 Å². The zero-order valence-electron chi connectivity index (χ0n) is 14.2. The topological polar surface area (TPSA) is 83.0 Å². The van der Waals surface area contributed by atoms with E-state index in [2.05, 4.69) is 4.98 Å². The van der Waals surface area contributed by atoms with Crippen LogP contribution < -0.4 is 0 Å². The lowest BCUT2D eigenvalue weighted by Gasteiger charge is -2.09. The number of aromatic nitrogens is 1. The van der Waals surface area contributed by atoms with Crippen LogP contribution in [0, 0.1) is 24.2 Å². The third-order valence-corrected chi connectivity index (χ3v) is 4.80. The summed E-state index contributed by atoms with van der Waals surface area (Å²) in [7, 11) is 0. The van der Waals surface area contributed by atoms with Crippen molar-refractivity contribution in [2.75, 3.05) is 0 Å². The van der Waals surface area contributed by atoms with E-state index < -0.39 is 17.5 Å². The van der Waals surface area contributed by atoms with Crippen LogP contribution in [0.15, 0.2) is 42.5 Å². The molecule has 0 amide bonds. The number of para-hydroxylation sites is 1. The molecule has 2 heterocycles. The smallest absolute Gasteiger partial charge is 0.190 e. The van der Waals surface area contributed by atoms with Gasteiger partial charge in [-0.25, -0.2) is 0 Å². The molecule has 0 saturated heterocycles. The molecule has 1 aliphatic rings. The number of H-pyrrole nitrogens is 1. The molecule has 0 fully saturated rings. The molecule has 0 radical (unpaired) electrons. The fourth-order valence-corrected chi connectivity index (χ4v) is 3.47. The number of hydrogen-bond acceptors (Lipinski definition) is 4. The highest BCUT2D eigenvalue weighted by molar-refractivity contribution is 6.22. The second kappa shape index (κ2) is 6.25. The van der Waals surface area contributed by atoms with E-state index in [1.54, 1.807) is 19.1 Å². The third-order valence-electron chi connectivity index (χ3n) is 4.80. The van der Waals surface area contributed by atoms with Gasteiger partial charge >= 0.3 is 0 Å². The Bertz CT molecular complexity index is 1090. The molecule has 1 N–H and O–H groups in total. The van der Waals surface area contributed by atoms with Crippen molar-refractivity contribution in [1.29, 1.82) is 5.26 Å². The predicted molar refractivity (Wildman–Crippen MR) is 95.7 cm³/mol. The maximum Gasteiger partial charge on any atom is 0.190 e. The Morgan fingerprint density at radius 2 is 1.88 bits per heavy atom. The number of Topliss-reactive ketones (excluding diaryl/α,β-unsaturated/α-hetero) is 2. The number of nitrogens with zero attached hydrogens (tertiary/aromatic N) is 1. The van der Waals surface area contributed by atoms with Crippen LogP contribution in [0.1, 0.15) is 37.5 Å². The lowest BCUT2D eigenvalue weighted by molar-refractivity contribution is 0.0846. The molecule has 128 valence electrons. The van der Waals surface area contributed by atoms with Gasteiger partial charge in [0.1, 0.15) is 0 Å². The van der Waals surface area contributed by atoms with E-state index in [-0.39, 0.29) is 0 Å². The summed E-state index contributed by atoms with van der Waals surface area (Å²) in [6.45, 7) is 2.75. The number of carbonyl (C=O) groups is 2. The molecule has 0 spiro atoms. The number of aromatic amines is 1. The number of benzene rings is 2. The minimum atomic E-state index is -1.37. The summed E-state index contributed by atoms with van der Waals surface area (Å²) in [5.74, 6) is -2.31. The molecule has 1 atom stereocenters. The first-order chi connectivity index (χ1) is 12.6. The van der Waals surface area contributed by atoms with Crippen molar-refractivity contribution in [1.82, 2.24) is 4.98 Å². The summed E-state index contributed by atoms with van der Waals surface area (Å²) >= 11 is 0. The molecule has 4 rings (SSSR count). The molecular weight excluding hydrogens is 328 g/mol. The van der Waals surface area contributed by atoms with Gasteiger partial charge < -0.3 is 9.72 Å². The summed E-state index contributed by atoms with van der Waals surface area (Å²) in [5, 5.41) is 10.3. The largest absolute Gasteiger partial charge is 0.372 e. The normalized spacial score (nSPS) is 14.0. The second-order valence-electron chi connectivity index (χ2n) is 6.44. The Morgan fingerprint density at radius 1 is 1.12 bits per heavy atom. The van der Waals surface area contributed by atoms with Crippen LogP contribution in [-0.4, -0.2) is 16.6 Å². The predicted octanol–water partition coefficient (Wildman–Crippen LogP) is 3.71. The number of nitriles is 1. The molecule has 1 aromatic heterocycles. The Hall–Kier alpha value is -3.23. The Balaban J connectivity index is 1.72. The van der Waals surface area contributed by atoms with E-state index in [1.165, 1.54) is 0 Å². The van der Waals surface area contributed by atoms with E-state index in [0.717, 1.165) is 22.0 Å². The zero-order chi connectivity index (χ0) is 18.3. The van der Waals surface area contributed by atoms with Crippen LogP contribution in [0.25, 0.3) is 10.9 Å². The van der Waals surface area contributed by atoms with Gasteiger partial charge in [-0.1, -0.05) is 30.3 Å². The number of hydrogen-bond donors (Lipinski definition) is 1. The van der Waals surface area contributed by atoms with Crippen molar-refractivity contribution in [2.45, 2.75) is 20.1 Å². The summed E-state index contributed by atoms with van der Waals surface area (Å²) in [6, 6.07) is 14.5. The van der Waals surface area contributed by atoms with Crippen molar-refractivity contribution in [3.05, 3.63) is 70.4 Å². The fraction of sp³-hybridized carbons (Fsp3) is 0.190. The summed E-state index contributed by atoms with van der Waals surface area (Å²) in [6.07, 6.45) is 0. The zero-order valence-corrected chi connectivity index (χ0v) is 14.2. The molecule has 0 bridgehead atoms. The van der Waals surface area contributed by atoms with Crippen molar-refractivity contribution in [3.63, 3.8) is 0 Å². The minimum absolute atomic E-state index is 0.367. The highest BCUT2D eigenvalue weighted by Gasteiger charge is 2.31. The Morgan fingerprint density at radius 3 is 2.69 bits per heavy atom. The van der Waals surface area contributed by atoms with Crippen LogP contribution in [0.3, 0.4) is 0 Å². The molecule has 5 nitrogen and oxygen atoms in total. The third kappa shape index (κ3) is 2.52. The van der Waals surface area contributed by atoms with E-state index in [0.29, 0.717) is 30.0 Å². The molecular formula is C21H16N2O3. The summed E-state index contributed by atoms with van der Waals surface area (Å²) in [5.41, 5.74) is 4.22. The van der Waals surface area contributed by atoms with Gasteiger partial charge in [0.15, 0.2) is 17.5 Å². The van der Waals surface area contributed by atoms with Gasteiger partial charge in [0.05, 0.1) is 19.3 Å². The SMILES string of the molecule is Cc1[nH]c2ccccc2c1C(=O)[C@H](C#N)C(=O)c1ccc2c(c1)COC2. The minimum Gasteiger partial charge on any atom is -0.372 e. The summed E-state index contributed by atoms with van der Waals surface area (Å²) in [4.78, 5) is 29.0. The Labute approximate surface area is 150 Å². The van der Waals surface area contributed by atoms with E-state index in [4.69, 9.17) is 4.74 Å². The number of fused-ring (bicyclic) bond motifs is 2. The molecule has 3 aromatic rings. The van der Waals surface area contributed by atoms with Gasteiger partial charge in [0, 0.05) is 27.7 Å². The number of ketones is 2. The number of carbonyl (C=O) groups excluding carboxylic acids is 2. The average molecular weight is 344 g/mol. The molecule has 0 saturated carbocycles. The van der Waals surface area contributed by atoms with Crippen LogP contribution in [-0.2, 0) is 18.0 Å². The fourth-order valence-electron chi connectivity index (χ4n) is 3.47. The lowest BCUT2D eigenvalue weighted by Crippen LogP contribution is -2.23. The van der Waals surface area contributed by atoms with Crippen molar-refractivity contribution < 1.29 is 14.3 Å². The van der Waals surface area contributed by atoms with Crippen LogP contribution in [0.5, 0.6) is 0 Å². The summed E-state index contributed by atoms with van der Waals surface area (Å²) < 4.78 is 5.36. The van der Waals surface area contributed by atoms with Crippen LogP contribution in [0.4, 0.5) is 0 Å². The second-order valence-corrected chi connectivity index (χ2v) is 6.44. The van der Waals surface area contributed by atoms with Crippen molar-refractivity contribution in [2.24, 2.45) is 5.92 Å². The van der Waals surface area contributed by atoms with Crippen LogP contribution in [0.2, 0.25) is 0 Å². The van der Waals surface area contributed by atoms with Gasteiger partial charge in [0.25, 0.3) is 0 Å². The van der Waals surface area contributed by atoms with Gasteiger partial charge in [-0.05, 0) is 30.2 Å². The number of aryl methyl sites for hydroxylation is 1. The lowest BCUT2D eigenvalue weighted by atomic mass is 9.89. The highest BCUT2D eigenvalue weighted by Crippen LogP contribution is 2.27. The average Bonchev–Trinajstić information content (AvgIpc) is 3.24. The standard InChI is InChI=1S/C21H16N2O3/c1-12-19(16-4-2-3-5-18(16)23-12)21(25)17(9-22)20(24)13-6-7-14-10-26-11-15(14)8-13/h2-8,17,23H,10-11H2,1H3/t17-/m1/s1. The van der Waals surface area contributed by atoms with E-state index >= 15 is 0 Å². The molecule has 26 heavy (non-hydrogen) atoms. The first kappa shape index (κ1) is 16.2. The van der Waals surface area contributed by atoms with Gasteiger partial charge in [0.2, 0.25) is 0 Å². The number of ether oxygens (including phenoxy) is 1. The first-order valence-corrected chi connectivity index (χ1v) is 8.35. The van der Waals surface area contributed by atoms with Gasteiger partial charge in [-0.3, -0.25) is 9.59 Å². The first-order valence-electron chi connectivity index (χ1n) is 8.35. The van der Waals surface area contributed by atoms with E-state index in [9.17, 15) is 14.9 Å². The molecule has 0 unspecified atom stereocenters. The van der Waals surface area contributed by atoms with Gasteiger partial charge in [-0.2, -0.15) is 5.26 Å². The molecule has 0 aliphatic carbocycles. The maximum atomic E-state index is 13.0. The molecule has 1 aliphatic heterocycles. The quantitative estimate of drug-likeness (QED) is 0.578. The van der Waals surface area contributed by atoms with E-state index in [1.807, 2.05) is 36.4 Å². The number of rotatable bonds is 4. The maximum absolute atomic E-state index is 13.0. The Kier molecular flexibility index (Phi) is 3.90. The van der Waals surface area contributed by atoms with Crippen LogP contribution >= 0.6 is 0 Å². The number of nitrogens with one attached hydrogen (secondary N) is 1. The van der Waals surface area contributed by atoms with Crippen molar-refractivity contribution in [3.8, 4) is 6.07 Å². The highest BCUT2D eigenvalue weighted by atomic mass is 16.5. The molecule has 2 aromatic carbocycles. The van der Waals surface area contributed by atoms with Gasteiger partial charge in [-0.15, -0.1) is 0 Å².